The highest BCUT2D eigenvalue weighted by Gasteiger charge is 2.35. The maximum Gasteiger partial charge on any atom is 0.338 e. The van der Waals surface area contributed by atoms with Crippen LogP contribution >= 0.6 is 0 Å². The molecule has 1 aliphatic rings. The Morgan fingerprint density at radius 1 is 1.27 bits per heavy atom. The molecule has 1 atom stereocenters. The lowest BCUT2D eigenvalue weighted by Gasteiger charge is -2.29. The number of benzene rings is 1. The molecule has 0 unspecified atom stereocenters. The number of hydrogen-bond donors (Lipinski definition) is 2. The van der Waals surface area contributed by atoms with Crippen LogP contribution in [-0.4, -0.2) is 18.1 Å². The first-order valence-electron chi connectivity index (χ1n) is 6.74. The molecule has 22 heavy (non-hydrogen) atoms. The van der Waals surface area contributed by atoms with Crippen molar-refractivity contribution in [1.29, 1.82) is 0 Å². The first-order valence-corrected chi connectivity index (χ1v) is 6.74. The van der Waals surface area contributed by atoms with Gasteiger partial charge >= 0.3 is 12.0 Å². The summed E-state index contributed by atoms with van der Waals surface area (Å²) in [6.07, 6.45) is -0.406. The summed E-state index contributed by atoms with van der Waals surface area (Å²) < 4.78 is 33.1. The number of halogens is 2. The van der Waals surface area contributed by atoms with Crippen LogP contribution in [0.15, 0.2) is 29.5 Å². The number of nitrogens with one attached hydrogen (secondary N) is 2. The average molecular weight is 310 g/mol. The number of allylic oxidation sites excluding steroid dienone is 1. The molecule has 0 bridgehead atoms. The predicted octanol–water partition coefficient (Wildman–Crippen LogP) is 2.54. The maximum absolute atomic E-state index is 14.0. The summed E-state index contributed by atoms with van der Waals surface area (Å²) in [5.74, 6) is -2.45. The lowest BCUT2D eigenvalue weighted by Crippen LogP contribution is -2.46. The Bertz CT molecular complexity index is 636. The average Bonchev–Trinajstić information content (AvgIpc) is 2.36. The van der Waals surface area contributed by atoms with E-state index in [4.69, 9.17) is 4.74 Å². The van der Waals surface area contributed by atoms with E-state index in [1.54, 1.807) is 13.8 Å². The molecule has 1 aromatic rings. The number of rotatable bonds is 3. The van der Waals surface area contributed by atoms with Gasteiger partial charge in [0.05, 0.1) is 23.3 Å². The maximum atomic E-state index is 14.0. The molecule has 2 N–H and O–H groups in total. The van der Waals surface area contributed by atoms with Crippen molar-refractivity contribution in [2.75, 3.05) is 0 Å². The predicted molar refractivity (Wildman–Crippen MR) is 74.7 cm³/mol. The summed E-state index contributed by atoms with van der Waals surface area (Å²) in [6, 6.07) is 1.44. The Morgan fingerprint density at radius 2 is 1.86 bits per heavy atom. The lowest BCUT2D eigenvalue weighted by molar-refractivity contribution is -0.143. The molecule has 118 valence electrons. The van der Waals surface area contributed by atoms with E-state index >= 15 is 0 Å². The van der Waals surface area contributed by atoms with E-state index in [0.29, 0.717) is 0 Å². The molecule has 0 saturated heterocycles. The summed E-state index contributed by atoms with van der Waals surface area (Å²) in [7, 11) is 0. The number of urea groups is 1. The summed E-state index contributed by atoms with van der Waals surface area (Å²) in [6.45, 7) is 4.78. The number of hydrogen-bond acceptors (Lipinski definition) is 3. The zero-order valence-corrected chi connectivity index (χ0v) is 12.4. The summed E-state index contributed by atoms with van der Waals surface area (Å²) >= 11 is 0. The molecule has 1 aromatic carbocycles. The number of ether oxygens (including phenoxy) is 1. The van der Waals surface area contributed by atoms with Crippen LogP contribution in [0.4, 0.5) is 13.6 Å². The van der Waals surface area contributed by atoms with Gasteiger partial charge < -0.3 is 15.4 Å². The van der Waals surface area contributed by atoms with E-state index < -0.39 is 41.3 Å². The zero-order chi connectivity index (χ0) is 16.4. The summed E-state index contributed by atoms with van der Waals surface area (Å²) in [4.78, 5) is 23.8. The van der Waals surface area contributed by atoms with Gasteiger partial charge in [0.15, 0.2) is 0 Å². The van der Waals surface area contributed by atoms with Gasteiger partial charge in [-0.15, -0.1) is 0 Å². The van der Waals surface area contributed by atoms with E-state index in [2.05, 4.69) is 10.6 Å². The van der Waals surface area contributed by atoms with E-state index in [-0.39, 0.29) is 11.3 Å². The molecule has 0 aliphatic carbocycles. The third-order valence-electron chi connectivity index (χ3n) is 3.12. The van der Waals surface area contributed by atoms with E-state index in [1.165, 1.54) is 13.0 Å². The van der Waals surface area contributed by atoms with Crippen LogP contribution in [0.2, 0.25) is 0 Å². The van der Waals surface area contributed by atoms with E-state index in [9.17, 15) is 18.4 Å². The van der Waals surface area contributed by atoms with Crippen LogP contribution in [0.25, 0.3) is 0 Å². The zero-order valence-electron chi connectivity index (χ0n) is 12.4. The normalized spacial score (nSPS) is 18.1. The van der Waals surface area contributed by atoms with Crippen LogP contribution in [-0.2, 0) is 9.53 Å². The number of amides is 2. The molecular weight excluding hydrogens is 294 g/mol. The van der Waals surface area contributed by atoms with Crippen molar-refractivity contribution in [3.8, 4) is 0 Å². The minimum absolute atomic E-state index is 0.0303. The molecule has 0 spiro atoms. The molecule has 2 rings (SSSR count). The van der Waals surface area contributed by atoms with Gasteiger partial charge in [-0.25, -0.2) is 18.4 Å². The fraction of sp³-hybridized carbons (Fsp3) is 0.333. The molecule has 0 radical (unpaired) electrons. The Hall–Kier alpha value is -2.44. The largest absolute Gasteiger partial charge is 0.459 e. The molecule has 2 amide bonds. The number of esters is 1. The molecule has 0 aromatic heterocycles. The van der Waals surface area contributed by atoms with Gasteiger partial charge in [-0.3, -0.25) is 0 Å². The van der Waals surface area contributed by atoms with Gasteiger partial charge in [-0.1, -0.05) is 6.07 Å². The smallest absolute Gasteiger partial charge is 0.338 e. The standard InChI is InChI=1S/C15H16F2N2O3/c1-7(2)22-14(20)11-8(3)18-15(21)19-13(11)12-9(16)5-4-6-10(12)17/h4-7,13H,1-3H3,(H2,18,19,21)/t13-/m0/s1. The summed E-state index contributed by atoms with van der Waals surface area (Å²) in [5.41, 5.74) is -0.230. The van der Waals surface area contributed by atoms with Crippen molar-refractivity contribution in [3.05, 3.63) is 46.7 Å². The van der Waals surface area contributed by atoms with E-state index in [1.807, 2.05) is 0 Å². The van der Waals surface area contributed by atoms with Gasteiger partial charge in [0.1, 0.15) is 11.6 Å². The van der Waals surface area contributed by atoms with Crippen LogP contribution in [0.3, 0.4) is 0 Å². The van der Waals surface area contributed by atoms with Gasteiger partial charge in [0, 0.05) is 5.70 Å². The van der Waals surface area contributed by atoms with Crippen molar-refractivity contribution >= 4 is 12.0 Å². The Morgan fingerprint density at radius 3 is 2.41 bits per heavy atom. The van der Waals surface area contributed by atoms with Gasteiger partial charge in [-0.05, 0) is 32.9 Å². The first kappa shape index (κ1) is 15.9. The van der Waals surface area contributed by atoms with Crippen LogP contribution in [0.5, 0.6) is 0 Å². The second kappa shape index (κ2) is 6.13. The monoisotopic (exact) mass is 310 g/mol. The van der Waals surface area contributed by atoms with Crippen LogP contribution in [0, 0.1) is 11.6 Å². The molecule has 7 heteroatoms. The number of carbonyl (C=O) groups excluding carboxylic acids is 2. The highest BCUT2D eigenvalue weighted by Crippen LogP contribution is 2.31. The van der Waals surface area contributed by atoms with Crippen molar-refractivity contribution in [2.24, 2.45) is 0 Å². The fourth-order valence-electron chi connectivity index (χ4n) is 2.24. The highest BCUT2D eigenvalue weighted by atomic mass is 19.1. The van der Waals surface area contributed by atoms with E-state index in [0.717, 1.165) is 12.1 Å². The Balaban J connectivity index is 2.53. The van der Waals surface area contributed by atoms with Crippen LogP contribution in [0.1, 0.15) is 32.4 Å². The second-order valence-electron chi connectivity index (χ2n) is 5.16. The van der Waals surface area contributed by atoms with Gasteiger partial charge in [0.2, 0.25) is 0 Å². The van der Waals surface area contributed by atoms with Gasteiger partial charge in [-0.2, -0.15) is 0 Å². The third kappa shape index (κ3) is 3.08. The molecule has 0 fully saturated rings. The molecule has 5 nitrogen and oxygen atoms in total. The highest BCUT2D eigenvalue weighted by molar-refractivity contribution is 5.95. The van der Waals surface area contributed by atoms with Gasteiger partial charge in [0.25, 0.3) is 0 Å². The SMILES string of the molecule is CC1=C(C(=O)OC(C)C)[C@@H](c2c(F)cccc2F)NC(=O)N1. The second-order valence-corrected chi connectivity index (χ2v) is 5.16. The lowest BCUT2D eigenvalue weighted by atomic mass is 9.94. The molecular formula is C15H16F2N2O3. The number of carbonyl (C=O) groups is 2. The Labute approximate surface area is 126 Å². The molecule has 0 saturated carbocycles. The molecule has 1 heterocycles. The van der Waals surface area contributed by atoms with Crippen molar-refractivity contribution in [3.63, 3.8) is 0 Å². The quantitative estimate of drug-likeness (QED) is 0.843. The van der Waals surface area contributed by atoms with Crippen molar-refractivity contribution in [2.45, 2.75) is 32.9 Å². The minimum atomic E-state index is -1.25. The van der Waals surface area contributed by atoms with Crippen molar-refractivity contribution in [1.82, 2.24) is 10.6 Å². The Kier molecular flexibility index (Phi) is 4.44. The topological polar surface area (TPSA) is 67.4 Å². The fourth-order valence-corrected chi connectivity index (χ4v) is 2.24. The third-order valence-corrected chi connectivity index (χ3v) is 3.12. The molecule has 1 aliphatic heterocycles. The first-order chi connectivity index (χ1) is 10.3. The summed E-state index contributed by atoms with van der Waals surface area (Å²) in [5, 5.41) is 4.77. The van der Waals surface area contributed by atoms with Crippen molar-refractivity contribution < 1.29 is 23.1 Å². The van der Waals surface area contributed by atoms with Crippen LogP contribution < -0.4 is 10.6 Å². The minimum Gasteiger partial charge on any atom is -0.459 e.